The topological polar surface area (TPSA) is 20.2 Å². The summed E-state index contributed by atoms with van der Waals surface area (Å²) < 4.78 is 0. The number of rotatable bonds is 3. The van der Waals surface area contributed by atoms with E-state index in [4.69, 9.17) is 5.11 Å². The van der Waals surface area contributed by atoms with E-state index in [1.54, 1.807) is 12.1 Å². The number of fused-ring (bicyclic) bond motifs is 3. The fraction of sp³-hybridized carbons (Fsp3) is 0.259. The molecule has 0 aliphatic heterocycles. The first kappa shape index (κ1) is 19.9. The van der Waals surface area contributed by atoms with Gasteiger partial charge in [-0.05, 0) is 63.1 Å². The zero-order valence-corrected chi connectivity index (χ0v) is 17.3. The molecular formula is C27H30O. The summed E-state index contributed by atoms with van der Waals surface area (Å²) in [5.41, 5.74) is 2.70. The van der Waals surface area contributed by atoms with E-state index >= 15 is 0 Å². The highest BCUT2D eigenvalue weighted by Gasteiger charge is 2.03. The highest BCUT2D eigenvalue weighted by atomic mass is 16.3. The maximum absolute atomic E-state index is 8.99. The molecule has 4 aromatic rings. The molecule has 0 atom stereocenters. The molecule has 28 heavy (non-hydrogen) atoms. The maximum Gasteiger partial charge on any atom is 0.115 e. The van der Waals surface area contributed by atoms with Gasteiger partial charge in [-0.15, -0.1) is 0 Å². The molecule has 0 saturated carbocycles. The number of benzene rings is 4. The predicted molar refractivity (Wildman–Crippen MR) is 122 cm³/mol. The van der Waals surface area contributed by atoms with Gasteiger partial charge < -0.3 is 5.11 Å². The van der Waals surface area contributed by atoms with Crippen molar-refractivity contribution in [2.45, 2.75) is 40.0 Å². The second-order valence-corrected chi connectivity index (χ2v) is 8.19. The third kappa shape index (κ3) is 4.92. The molecule has 1 heteroatoms. The minimum absolute atomic E-state index is 0.345. The second-order valence-electron chi connectivity index (χ2n) is 8.19. The summed E-state index contributed by atoms with van der Waals surface area (Å²) >= 11 is 0. The summed E-state index contributed by atoms with van der Waals surface area (Å²) in [5, 5.41) is 14.4. The molecule has 0 radical (unpaired) electrons. The van der Waals surface area contributed by atoms with Crippen molar-refractivity contribution < 1.29 is 5.11 Å². The normalized spacial score (nSPS) is 11.1. The van der Waals surface area contributed by atoms with Crippen molar-refractivity contribution in [3.05, 3.63) is 90.0 Å². The monoisotopic (exact) mass is 370 g/mol. The Kier molecular flexibility index (Phi) is 6.36. The van der Waals surface area contributed by atoms with Crippen LogP contribution in [0.4, 0.5) is 0 Å². The molecule has 0 bridgehead atoms. The molecule has 0 spiro atoms. The molecule has 0 aromatic heterocycles. The SMILES string of the molecule is CC(C)Cc1ccc(O)cc1.CC(C)c1ccc2c(ccc3ccccc32)c1. The van der Waals surface area contributed by atoms with E-state index in [0.717, 1.165) is 6.42 Å². The van der Waals surface area contributed by atoms with E-state index in [-0.39, 0.29) is 0 Å². The summed E-state index contributed by atoms with van der Waals surface area (Å²) in [5.74, 6) is 1.61. The van der Waals surface area contributed by atoms with Crippen LogP contribution in [0.25, 0.3) is 21.5 Å². The van der Waals surface area contributed by atoms with Crippen LogP contribution in [-0.2, 0) is 6.42 Å². The second kappa shape index (κ2) is 8.93. The van der Waals surface area contributed by atoms with Crippen LogP contribution < -0.4 is 0 Å². The average molecular weight is 371 g/mol. The Hall–Kier alpha value is -2.80. The van der Waals surface area contributed by atoms with Crippen molar-refractivity contribution in [2.24, 2.45) is 5.92 Å². The van der Waals surface area contributed by atoms with Crippen LogP contribution in [-0.4, -0.2) is 5.11 Å². The lowest BCUT2D eigenvalue weighted by atomic mass is 9.96. The van der Waals surface area contributed by atoms with Crippen molar-refractivity contribution >= 4 is 21.5 Å². The smallest absolute Gasteiger partial charge is 0.115 e. The fourth-order valence-corrected chi connectivity index (χ4v) is 3.49. The zero-order valence-electron chi connectivity index (χ0n) is 17.3. The Balaban J connectivity index is 0.000000178. The van der Waals surface area contributed by atoms with Crippen LogP contribution in [0.1, 0.15) is 44.7 Å². The molecule has 0 amide bonds. The number of hydrogen-bond donors (Lipinski definition) is 1. The van der Waals surface area contributed by atoms with Gasteiger partial charge in [0.25, 0.3) is 0 Å². The molecule has 0 fully saturated rings. The lowest BCUT2D eigenvalue weighted by Gasteiger charge is -2.08. The third-order valence-corrected chi connectivity index (χ3v) is 5.02. The molecule has 1 N–H and O–H groups in total. The third-order valence-electron chi connectivity index (χ3n) is 5.02. The Morgan fingerprint density at radius 3 is 2.00 bits per heavy atom. The lowest BCUT2D eigenvalue weighted by molar-refractivity contribution is 0.475. The molecule has 4 rings (SSSR count). The zero-order chi connectivity index (χ0) is 20.1. The number of hydrogen-bond acceptors (Lipinski definition) is 1. The Bertz CT molecular complexity index is 1040. The van der Waals surface area contributed by atoms with Gasteiger partial charge in [-0.2, -0.15) is 0 Å². The molecule has 0 unspecified atom stereocenters. The van der Waals surface area contributed by atoms with Crippen molar-refractivity contribution in [1.29, 1.82) is 0 Å². The van der Waals surface area contributed by atoms with E-state index in [2.05, 4.69) is 82.3 Å². The quantitative estimate of drug-likeness (QED) is 0.366. The van der Waals surface area contributed by atoms with Gasteiger partial charge in [-0.25, -0.2) is 0 Å². The first-order valence-electron chi connectivity index (χ1n) is 10.1. The van der Waals surface area contributed by atoms with E-state index < -0.39 is 0 Å². The molecule has 4 aromatic carbocycles. The summed E-state index contributed by atoms with van der Waals surface area (Å²) in [4.78, 5) is 0. The minimum Gasteiger partial charge on any atom is -0.508 e. The van der Waals surface area contributed by atoms with Gasteiger partial charge in [-0.1, -0.05) is 94.4 Å². The average Bonchev–Trinajstić information content (AvgIpc) is 2.69. The highest BCUT2D eigenvalue weighted by molar-refractivity contribution is 6.07. The lowest BCUT2D eigenvalue weighted by Crippen LogP contribution is -1.92. The molecule has 1 nitrogen and oxygen atoms in total. The van der Waals surface area contributed by atoms with Gasteiger partial charge in [0.15, 0.2) is 0 Å². The molecule has 0 aliphatic rings. The van der Waals surface area contributed by atoms with E-state index in [1.807, 2.05) is 12.1 Å². The number of phenols is 1. The van der Waals surface area contributed by atoms with Crippen LogP contribution in [0.3, 0.4) is 0 Å². The summed E-state index contributed by atoms with van der Waals surface area (Å²) in [6, 6.07) is 27.2. The summed E-state index contributed by atoms with van der Waals surface area (Å²) in [7, 11) is 0. The maximum atomic E-state index is 8.99. The summed E-state index contributed by atoms with van der Waals surface area (Å²) in [6.45, 7) is 8.85. The molecular weight excluding hydrogens is 340 g/mol. The number of phenolic OH excluding ortho intramolecular Hbond substituents is 1. The summed E-state index contributed by atoms with van der Waals surface area (Å²) in [6.07, 6.45) is 1.08. The Morgan fingerprint density at radius 1 is 0.679 bits per heavy atom. The largest absolute Gasteiger partial charge is 0.508 e. The standard InChI is InChI=1S/C17H16.C10H14O/c1-12(2)14-9-10-17-15(11-14)8-7-13-5-3-4-6-16(13)17;1-8(2)7-9-3-5-10(11)6-4-9/h3-12H,1-2H3;3-6,8,11H,7H2,1-2H3. The van der Waals surface area contributed by atoms with E-state index in [0.29, 0.717) is 17.6 Å². The molecule has 0 heterocycles. The van der Waals surface area contributed by atoms with Gasteiger partial charge >= 0.3 is 0 Å². The van der Waals surface area contributed by atoms with Crippen LogP contribution in [0.5, 0.6) is 5.75 Å². The van der Waals surface area contributed by atoms with Crippen LogP contribution in [0, 0.1) is 5.92 Å². The first-order chi connectivity index (χ1) is 13.4. The van der Waals surface area contributed by atoms with Gasteiger partial charge in [0.2, 0.25) is 0 Å². The van der Waals surface area contributed by atoms with Crippen molar-refractivity contribution in [3.63, 3.8) is 0 Å². The van der Waals surface area contributed by atoms with Crippen LogP contribution >= 0.6 is 0 Å². The molecule has 144 valence electrons. The molecule has 0 saturated heterocycles. The molecule has 0 aliphatic carbocycles. The van der Waals surface area contributed by atoms with Gasteiger partial charge in [0, 0.05) is 0 Å². The van der Waals surface area contributed by atoms with Crippen LogP contribution in [0.2, 0.25) is 0 Å². The van der Waals surface area contributed by atoms with Gasteiger partial charge in [0.05, 0.1) is 0 Å². The fourth-order valence-electron chi connectivity index (χ4n) is 3.49. The van der Waals surface area contributed by atoms with Gasteiger partial charge in [-0.3, -0.25) is 0 Å². The Labute approximate surface area is 168 Å². The predicted octanol–water partition coefficient (Wildman–Crippen LogP) is 7.71. The van der Waals surface area contributed by atoms with E-state index in [9.17, 15) is 0 Å². The van der Waals surface area contributed by atoms with Gasteiger partial charge in [0.1, 0.15) is 5.75 Å². The van der Waals surface area contributed by atoms with Crippen LogP contribution in [0.15, 0.2) is 78.9 Å². The van der Waals surface area contributed by atoms with Crippen molar-refractivity contribution in [2.75, 3.05) is 0 Å². The van der Waals surface area contributed by atoms with E-state index in [1.165, 1.54) is 32.7 Å². The first-order valence-corrected chi connectivity index (χ1v) is 10.1. The van der Waals surface area contributed by atoms with Crippen molar-refractivity contribution in [1.82, 2.24) is 0 Å². The van der Waals surface area contributed by atoms with Crippen molar-refractivity contribution in [3.8, 4) is 5.75 Å². The number of aromatic hydroxyl groups is 1. The minimum atomic E-state index is 0.345. The highest BCUT2D eigenvalue weighted by Crippen LogP contribution is 2.27. The Morgan fingerprint density at radius 2 is 1.32 bits per heavy atom.